The molecule has 1 aliphatic carbocycles. The second-order valence-electron chi connectivity index (χ2n) is 6.68. The molecule has 1 saturated carbocycles. The van der Waals surface area contributed by atoms with Crippen molar-refractivity contribution in [1.29, 1.82) is 0 Å². The standard InChI is InChI=1S/C19H26N2O2S/c1-3-4-6-13-9-11-14(12-10-13)18(22)21-19-20-17-15(23-2)7-5-8-16(17)24-19/h5,7-8,13-14H,3-4,6,9-12H2,1-2H3,(H,20,21,22). The zero-order valence-electron chi connectivity index (χ0n) is 14.5. The van der Waals surface area contributed by atoms with E-state index in [1.54, 1.807) is 7.11 Å². The van der Waals surface area contributed by atoms with Crippen LogP contribution < -0.4 is 10.1 Å². The maximum Gasteiger partial charge on any atom is 0.229 e. The van der Waals surface area contributed by atoms with Crippen LogP contribution in [-0.4, -0.2) is 18.0 Å². The van der Waals surface area contributed by atoms with Gasteiger partial charge in [-0.3, -0.25) is 4.79 Å². The maximum absolute atomic E-state index is 12.5. The highest BCUT2D eigenvalue weighted by atomic mass is 32.1. The summed E-state index contributed by atoms with van der Waals surface area (Å²) in [5, 5.41) is 3.70. The third-order valence-electron chi connectivity index (χ3n) is 5.02. The quantitative estimate of drug-likeness (QED) is 0.778. The second kappa shape index (κ2) is 7.97. The molecule has 0 bridgehead atoms. The molecule has 1 aromatic carbocycles. The lowest BCUT2D eigenvalue weighted by Crippen LogP contribution is -2.27. The Morgan fingerprint density at radius 2 is 2.12 bits per heavy atom. The minimum Gasteiger partial charge on any atom is -0.494 e. The highest BCUT2D eigenvalue weighted by Crippen LogP contribution is 2.35. The number of hydrogen-bond acceptors (Lipinski definition) is 4. The molecule has 1 aromatic heterocycles. The summed E-state index contributed by atoms with van der Waals surface area (Å²) >= 11 is 1.51. The molecule has 1 N–H and O–H groups in total. The fraction of sp³-hybridized carbons (Fsp3) is 0.579. The fourth-order valence-electron chi connectivity index (χ4n) is 3.56. The van der Waals surface area contributed by atoms with Crippen LogP contribution in [0.5, 0.6) is 5.75 Å². The largest absolute Gasteiger partial charge is 0.494 e. The van der Waals surface area contributed by atoms with Gasteiger partial charge in [0.1, 0.15) is 11.3 Å². The number of fused-ring (bicyclic) bond motifs is 1. The minimum atomic E-state index is 0.127. The molecular weight excluding hydrogens is 320 g/mol. The van der Waals surface area contributed by atoms with Crippen molar-refractivity contribution >= 4 is 32.6 Å². The van der Waals surface area contributed by atoms with Gasteiger partial charge in [0.05, 0.1) is 11.8 Å². The van der Waals surface area contributed by atoms with Crippen LogP contribution in [0.4, 0.5) is 5.13 Å². The number of rotatable bonds is 6. The van der Waals surface area contributed by atoms with Crippen molar-refractivity contribution < 1.29 is 9.53 Å². The Kier molecular flexibility index (Phi) is 5.72. The predicted octanol–water partition coefficient (Wildman–Crippen LogP) is 5.24. The van der Waals surface area contributed by atoms with Crippen LogP contribution >= 0.6 is 11.3 Å². The number of unbranched alkanes of at least 4 members (excludes halogenated alkanes) is 1. The van der Waals surface area contributed by atoms with E-state index in [1.807, 2.05) is 18.2 Å². The van der Waals surface area contributed by atoms with E-state index in [1.165, 1.54) is 43.4 Å². The summed E-state index contributed by atoms with van der Waals surface area (Å²) in [6, 6.07) is 5.85. The van der Waals surface area contributed by atoms with E-state index in [4.69, 9.17) is 4.74 Å². The smallest absolute Gasteiger partial charge is 0.229 e. The number of benzene rings is 1. The van der Waals surface area contributed by atoms with E-state index in [0.29, 0.717) is 5.13 Å². The van der Waals surface area contributed by atoms with E-state index in [2.05, 4.69) is 17.2 Å². The normalized spacial score (nSPS) is 20.9. The van der Waals surface area contributed by atoms with Gasteiger partial charge in [-0.15, -0.1) is 0 Å². The first-order valence-electron chi connectivity index (χ1n) is 8.95. The summed E-state index contributed by atoms with van der Waals surface area (Å²) < 4.78 is 6.37. The van der Waals surface area contributed by atoms with Gasteiger partial charge in [0, 0.05) is 5.92 Å². The van der Waals surface area contributed by atoms with Crippen LogP contribution in [0.25, 0.3) is 10.2 Å². The average molecular weight is 346 g/mol. The molecule has 2 aromatic rings. The van der Waals surface area contributed by atoms with Crippen molar-refractivity contribution in [3.8, 4) is 5.75 Å². The van der Waals surface area contributed by atoms with Gasteiger partial charge >= 0.3 is 0 Å². The SMILES string of the molecule is CCCCC1CCC(C(=O)Nc2nc3c(OC)cccc3s2)CC1. The first kappa shape index (κ1) is 17.2. The molecule has 0 atom stereocenters. The van der Waals surface area contributed by atoms with Gasteiger partial charge in [-0.1, -0.05) is 43.6 Å². The lowest BCUT2D eigenvalue weighted by molar-refractivity contribution is -0.121. The minimum absolute atomic E-state index is 0.127. The summed E-state index contributed by atoms with van der Waals surface area (Å²) in [5.41, 5.74) is 0.823. The number of carbonyl (C=O) groups excluding carboxylic acids is 1. The van der Waals surface area contributed by atoms with Crippen molar-refractivity contribution in [2.24, 2.45) is 11.8 Å². The van der Waals surface area contributed by atoms with Crippen LogP contribution in [0.1, 0.15) is 51.9 Å². The third kappa shape index (κ3) is 3.89. The Labute approximate surface area is 147 Å². The molecule has 1 heterocycles. The number of para-hydroxylation sites is 1. The van der Waals surface area contributed by atoms with Crippen molar-refractivity contribution in [3.05, 3.63) is 18.2 Å². The summed E-state index contributed by atoms with van der Waals surface area (Å²) in [5.74, 6) is 1.83. The predicted molar refractivity (Wildman–Crippen MR) is 99.8 cm³/mol. The number of amides is 1. The van der Waals surface area contributed by atoms with Crippen molar-refractivity contribution in [2.45, 2.75) is 51.9 Å². The molecule has 24 heavy (non-hydrogen) atoms. The molecule has 0 saturated heterocycles. The Morgan fingerprint density at radius 1 is 1.33 bits per heavy atom. The molecule has 3 rings (SSSR count). The van der Waals surface area contributed by atoms with Gasteiger partial charge in [0.25, 0.3) is 0 Å². The zero-order chi connectivity index (χ0) is 16.9. The van der Waals surface area contributed by atoms with E-state index in [0.717, 1.165) is 34.7 Å². The Morgan fingerprint density at radius 3 is 2.83 bits per heavy atom. The van der Waals surface area contributed by atoms with Gasteiger partial charge in [-0.25, -0.2) is 4.98 Å². The van der Waals surface area contributed by atoms with Gasteiger partial charge in [-0.2, -0.15) is 0 Å². The maximum atomic E-state index is 12.5. The first-order chi connectivity index (χ1) is 11.7. The molecule has 0 aliphatic heterocycles. The fourth-order valence-corrected chi connectivity index (χ4v) is 4.44. The number of methoxy groups -OCH3 is 1. The number of carbonyl (C=O) groups is 1. The molecular formula is C19H26N2O2S. The van der Waals surface area contributed by atoms with Crippen LogP contribution in [0.15, 0.2) is 18.2 Å². The number of nitrogens with zero attached hydrogens (tertiary/aromatic N) is 1. The van der Waals surface area contributed by atoms with Gasteiger partial charge in [-0.05, 0) is 43.7 Å². The molecule has 0 unspecified atom stereocenters. The molecule has 1 amide bonds. The Balaban J connectivity index is 1.59. The summed E-state index contributed by atoms with van der Waals surface area (Å²) in [6.45, 7) is 2.24. The molecule has 130 valence electrons. The molecule has 4 nitrogen and oxygen atoms in total. The van der Waals surface area contributed by atoms with Crippen LogP contribution in [0, 0.1) is 11.8 Å². The Hall–Kier alpha value is -1.62. The van der Waals surface area contributed by atoms with Crippen molar-refractivity contribution in [3.63, 3.8) is 0 Å². The number of aromatic nitrogens is 1. The van der Waals surface area contributed by atoms with E-state index in [-0.39, 0.29) is 11.8 Å². The summed E-state index contributed by atoms with van der Waals surface area (Å²) in [4.78, 5) is 17.1. The van der Waals surface area contributed by atoms with Crippen LogP contribution in [0.3, 0.4) is 0 Å². The summed E-state index contributed by atoms with van der Waals surface area (Å²) in [6.07, 6.45) is 8.29. The van der Waals surface area contributed by atoms with Gasteiger partial charge in [0.2, 0.25) is 5.91 Å². The number of thiazole rings is 1. The lowest BCUT2D eigenvalue weighted by atomic mass is 9.79. The third-order valence-corrected chi connectivity index (χ3v) is 5.95. The highest BCUT2D eigenvalue weighted by molar-refractivity contribution is 7.22. The van der Waals surface area contributed by atoms with Crippen molar-refractivity contribution in [1.82, 2.24) is 4.98 Å². The zero-order valence-corrected chi connectivity index (χ0v) is 15.3. The molecule has 0 spiro atoms. The molecule has 0 radical (unpaired) electrons. The average Bonchev–Trinajstić information content (AvgIpc) is 3.02. The molecule has 5 heteroatoms. The van der Waals surface area contributed by atoms with E-state index >= 15 is 0 Å². The van der Waals surface area contributed by atoms with E-state index < -0.39 is 0 Å². The Bertz CT molecular complexity index is 690. The lowest BCUT2D eigenvalue weighted by Gasteiger charge is -2.27. The number of ether oxygens (including phenoxy) is 1. The second-order valence-corrected chi connectivity index (χ2v) is 7.71. The number of nitrogens with one attached hydrogen (secondary N) is 1. The molecule has 1 fully saturated rings. The van der Waals surface area contributed by atoms with Gasteiger partial charge in [0.15, 0.2) is 5.13 Å². The monoisotopic (exact) mass is 346 g/mol. The highest BCUT2D eigenvalue weighted by Gasteiger charge is 2.26. The number of hydrogen-bond donors (Lipinski definition) is 1. The van der Waals surface area contributed by atoms with E-state index in [9.17, 15) is 4.79 Å². The van der Waals surface area contributed by atoms with Gasteiger partial charge < -0.3 is 10.1 Å². The van der Waals surface area contributed by atoms with Crippen molar-refractivity contribution in [2.75, 3.05) is 12.4 Å². The van der Waals surface area contributed by atoms with Crippen LogP contribution in [-0.2, 0) is 4.79 Å². The molecule has 1 aliphatic rings. The first-order valence-corrected chi connectivity index (χ1v) is 9.77. The van der Waals surface area contributed by atoms with Crippen LogP contribution in [0.2, 0.25) is 0 Å². The topological polar surface area (TPSA) is 51.2 Å². The number of anilines is 1. The summed E-state index contributed by atoms with van der Waals surface area (Å²) in [7, 11) is 1.64.